The van der Waals surface area contributed by atoms with Crippen molar-refractivity contribution in [2.75, 3.05) is 6.26 Å². The minimum Gasteiger partial charge on any atom is -0.192 e. The Bertz CT molecular complexity index is 379. The Morgan fingerprint density at radius 2 is 2.00 bits per heavy atom. The maximum absolute atomic E-state index is 12.3. The number of thioether (sulfide) groups is 1. The van der Waals surface area contributed by atoms with Gasteiger partial charge in [0.1, 0.15) is 0 Å². The number of alkyl halides is 3. The summed E-state index contributed by atoms with van der Waals surface area (Å²) in [6.45, 7) is 0. The van der Waals surface area contributed by atoms with Gasteiger partial charge in [0.05, 0.1) is 17.2 Å². The summed E-state index contributed by atoms with van der Waals surface area (Å²) in [5, 5.41) is 8.54. The minimum atomic E-state index is -4.46. The highest BCUT2D eigenvalue weighted by atomic mass is 32.2. The first-order valence-electron chi connectivity index (χ1n) is 3.64. The molecule has 1 aromatic rings. The normalized spacial score (nSPS) is 11.1. The van der Waals surface area contributed by atoms with Gasteiger partial charge in [-0.2, -0.15) is 18.4 Å². The number of rotatable bonds is 1. The molecule has 0 aliphatic heterocycles. The molecular formula is C9H6F3NS. The first kappa shape index (κ1) is 10.9. The molecule has 1 rings (SSSR count). The topological polar surface area (TPSA) is 23.8 Å². The summed E-state index contributed by atoms with van der Waals surface area (Å²) < 4.78 is 36.9. The van der Waals surface area contributed by atoms with Crippen molar-refractivity contribution in [1.82, 2.24) is 0 Å². The Hall–Kier alpha value is -1.15. The molecule has 0 atom stereocenters. The molecular weight excluding hydrogens is 211 g/mol. The highest BCUT2D eigenvalue weighted by molar-refractivity contribution is 7.98. The van der Waals surface area contributed by atoms with Crippen LogP contribution in [0, 0.1) is 11.3 Å². The van der Waals surface area contributed by atoms with Crippen LogP contribution in [0.15, 0.2) is 23.1 Å². The number of benzene rings is 1. The molecule has 74 valence electrons. The van der Waals surface area contributed by atoms with Crippen LogP contribution in [0.4, 0.5) is 13.2 Å². The molecule has 0 saturated heterocycles. The van der Waals surface area contributed by atoms with Gasteiger partial charge in [0.2, 0.25) is 0 Å². The zero-order valence-electron chi connectivity index (χ0n) is 7.22. The third-order valence-electron chi connectivity index (χ3n) is 1.65. The van der Waals surface area contributed by atoms with E-state index >= 15 is 0 Å². The Labute approximate surface area is 83.5 Å². The van der Waals surface area contributed by atoms with Gasteiger partial charge in [0, 0.05) is 4.90 Å². The van der Waals surface area contributed by atoms with Crippen molar-refractivity contribution in [3.8, 4) is 6.07 Å². The number of nitriles is 1. The lowest BCUT2D eigenvalue weighted by atomic mass is 10.1. The van der Waals surface area contributed by atoms with Crippen molar-refractivity contribution in [2.24, 2.45) is 0 Å². The van der Waals surface area contributed by atoms with Crippen LogP contribution in [0.3, 0.4) is 0 Å². The van der Waals surface area contributed by atoms with E-state index < -0.39 is 11.7 Å². The predicted octanol–water partition coefficient (Wildman–Crippen LogP) is 3.30. The van der Waals surface area contributed by atoms with E-state index in [1.54, 1.807) is 12.3 Å². The lowest BCUT2D eigenvalue weighted by molar-refractivity contribution is -0.137. The number of hydrogen-bond acceptors (Lipinski definition) is 2. The van der Waals surface area contributed by atoms with E-state index in [4.69, 9.17) is 5.26 Å². The average molecular weight is 217 g/mol. The molecule has 0 aromatic heterocycles. The third-order valence-corrected chi connectivity index (χ3v) is 2.38. The summed E-state index contributed by atoms with van der Waals surface area (Å²) >= 11 is 1.30. The van der Waals surface area contributed by atoms with Crippen LogP contribution < -0.4 is 0 Å². The fraction of sp³-hybridized carbons (Fsp3) is 0.222. The molecule has 14 heavy (non-hydrogen) atoms. The monoisotopic (exact) mass is 217 g/mol. The van der Waals surface area contributed by atoms with Gasteiger partial charge in [-0.3, -0.25) is 0 Å². The van der Waals surface area contributed by atoms with Gasteiger partial charge >= 0.3 is 6.18 Å². The second-order valence-electron chi connectivity index (χ2n) is 2.52. The minimum absolute atomic E-state index is 0.329. The molecule has 0 spiro atoms. The Morgan fingerprint density at radius 3 is 2.43 bits per heavy atom. The van der Waals surface area contributed by atoms with Crippen molar-refractivity contribution < 1.29 is 13.2 Å². The molecule has 0 N–H and O–H groups in total. The van der Waals surface area contributed by atoms with Crippen LogP contribution in [-0.4, -0.2) is 6.26 Å². The largest absolute Gasteiger partial charge is 0.417 e. The van der Waals surface area contributed by atoms with Crippen molar-refractivity contribution >= 4 is 11.8 Å². The Morgan fingerprint density at radius 1 is 1.36 bits per heavy atom. The van der Waals surface area contributed by atoms with E-state index in [0.717, 1.165) is 6.07 Å². The van der Waals surface area contributed by atoms with Crippen LogP contribution in [0.2, 0.25) is 0 Å². The lowest BCUT2D eigenvalue weighted by Gasteiger charge is -2.08. The predicted molar refractivity (Wildman–Crippen MR) is 47.9 cm³/mol. The zero-order valence-corrected chi connectivity index (χ0v) is 8.04. The quantitative estimate of drug-likeness (QED) is 0.674. The van der Waals surface area contributed by atoms with Gasteiger partial charge in [-0.25, -0.2) is 0 Å². The zero-order chi connectivity index (χ0) is 10.8. The Balaban J connectivity index is 3.28. The van der Waals surface area contributed by atoms with Gasteiger partial charge < -0.3 is 0 Å². The van der Waals surface area contributed by atoms with Gasteiger partial charge in [-0.05, 0) is 24.5 Å². The van der Waals surface area contributed by atoms with Gasteiger partial charge in [-0.1, -0.05) is 0 Å². The molecule has 0 saturated carbocycles. The van der Waals surface area contributed by atoms with Crippen molar-refractivity contribution in [3.05, 3.63) is 29.3 Å². The number of nitrogens with zero attached hydrogens (tertiary/aromatic N) is 1. The molecule has 0 heterocycles. The van der Waals surface area contributed by atoms with E-state index in [0.29, 0.717) is 4.90 Å². The van der Waals surface area contributed by atoms with Crippen molar-refractivity contribution in [3.63, 3.8) is 0 Å². The third kappa shape index (κ3) is 2.20. The summed E-state index contributed by atoms with van der Waals surface area (Å²) in [6.07, 6.45) is -2.72. The summed E-state index contributed by atoms with van der Waals surface area (Å²) in [4.78, 5) is 0.648. The van der Waals surface area contributed by atoms with Crippen LogP contribution in [0.25, 0.3) is 0 Å². The molecule has 0 bridgehead atoms. The molecule has 0 fully saturated rings. The fourth-order valence-electron chi connectivity index (χ4n) is 0.990. The number of hydrogen-bond donors (Lipinski definition) is 0. The standard InChI is InChI=1S/C9H6F3NS/c1-14-7-2-3-8(9(10,11)12)6(4-7)5-13/h2-4H,1H3. The van der Waals surface area contributed by atoms with E-state index in [1.807, 2.05) is 0 Å². The van der Waals surface area contributed by atoms with E-state index in [1.165, 1.54) is 23.9 Å². The highest BCUT2D eigenvalue weighted by Crippen LogP contribution is 2.33. The van der Waals surface area contributed by atoms with E-state index in [9.17, 15) is 13.2 Å². The number of halogens is 3. The van der Waals surface area contributed by atoms with Crippen molar-refractivity contribution in [2.45, 2.75) is 11.1 Å². The van der Waals surface area contributed by atoms with Crippen LogP contribution in [0.5, 0.6) is 0 Å². The summed E-state index contributed by atoms with van der Waals surface area (Å²) in [6, 6.07) is 5.08. The second kappa shape index (κ2) is 3.93. The molecule has 1 aromatic carbocycles. The van der Waals surface area contributed by atoms with Crippen LogP contribution in [0.1, 0.15) is 11.1 Å². The van der Waals surface area contributed by atoms with Crippen LogP contribution in [-0.2, 0) is 6.18 Å². The average Bonchev–Trinajstić information content (AvgIpc) is 2.15. The lowest BCUT2D eigenvalue weighted by Crippen LogP contribution is -2.07. The maximum atomic E-state index is 12.3. The summed E-state index contributed by atoms with van der Waals surface area (Å²) in [7, 11) is 0. The molecule has 5 heteroatoms. The maximum Gasteiger partial charge on any atom is 0.417 e. The SMILES string of the molecule is CSc1ccc(C(F)(F)F)c(C#N)c1. The fourth-order valence-corrected chi connectivity index (χ4v) is 1.43. The first-order chi connectivity index (χ1) is 6.49. The highest BCUT2D eigenvalue weighted by Gasteiger charge is 2.33. The molecule has 1 nitrogen and oxygen atoms in total. The van der Waals surface area contributed by atoms with Gasteiger partial charge in [0.15, 0.2) is 0 Å². The molecule has 0 aliphatic rings. The van der Waals surface area contributed by atoms with E-state index in [-0.39, 0.29) is 5.56 Å². The summed E-state index contributed by atoms with van der Waals surface area (Å²) in [5.74, 6) is 0. The van der Waals surface area contributed by atoms with Crippen molar-refractivity contribution in [1.29, 1.82) is 5.26 Å². The van der Waals surface area contributed by atoms with E-state index in [2.05, 4.69) is 0 Å². The molecule has 0 radical (unpaired) electrons. The molecule has 0 amide bonds. The Kier molecular flexibility index (Phi) is 3.06. The van der Waals surface area contributed by atoms with Gasteiger partial charge in [-0.15, -0.1) is 11.8 Å². The van der Waals surface area contributed by atoms with Crippen LogP contribution >= 0.6 is 11.8 Å². The van der Waals surface area contributed by atoms with Gasteiger partial charge in [0.25, 0.3) is 0 Å². The molecule has 0 unspecified atom stereocenters. The summed E-state index contributed by atoms with van der Waals surface area (Å²) in [5.41, 5.74) is -1.21. The first-order valence-corrected chi connectivity index (χ1v) is 4.87. The smallest absolute Gasteiger partial charge is 0.192 e. The second-order valence-corrected chi connectivity index (χ2v) is 3.40. The molecule has 0 aliphatic carbocycles.